The van der Waals surface area contributed by atoms with Gasteiger partial charge in [0.2, 0.25) is 0 Å². The summed E-state index contributed by atoms with van der Waals surface area (Å²) in [7, 11) is 0. The molecule has 0 radical (unpaired) electrons. The Morgan fingerprint density at radius 3 is 1.54 bits per heavy atom. The minimum atomic E-state index is 0.908. The minimum Gasteiger partial charge on any atom is -0.456 e. The molecule has 0 unspecified atom stereocenters. The third-order valence-corrected chi connectivity index (χ3v) is 10.5. The molecular formula is C48H29NO. The first-order valence-electron chi connectivity index (χ1n) is 17.2. The Kier molecular flexibility index (Phi) is 5.70. The third kappa shape index (κ3) is 3.90. The third-order valence-electron chi connectivity index (χ3n) is 10.5. The summed E-state index contributed by atoms with van der Waals surface area (Å²) in [6, 6.07) is 63.8. The van der Waals surface area contributed by atoms with Crippen molar-refractivity contribution in [3.05, 3.63) is 176 Å². The topological polar surface area (TPSA) is 18.1 Å². The van der Waals surface area contributed by atoms with Crippen molar-refractivity contribution in [3.8, 4) is 27.9 Å². The van der Waals surface area contributed by atoms with Crippen LogP contribution in [0, 0.1) is 0 Å². The Labute approximate surface area is 288 Å². The van der Waals surface area contributed by atoms with E-state index in [1.54, 1.807) is 0 Å². The maximum Gasteiger partial charge on any atom is 0.136 e. The van der Waals surface area contributed by atoms with E-state index in [0.29, 0.717) is 0 Å². The Bertz CT molecular complexity index is 3090. The normalized spacial score (nSPS) is 12.0. The van der Waals surface area contributed by atoms with E-state index in [4.69, 9.17) is 4.42 Å². The molecule has 232 valence electrons. The largest absolute Gasteiger partial charge is 0.456 e. The average Bonchev–Trinajstić information content (AvgIpc) is 3.70. The Morgan fingerprint density at radius 2 is 0.840 bits per heavy atom. The number of furan rings is 1. The molecule has 2 nitrogen and oxygen atoms in total. The minimum absolute atomic E-state index is 0.908. The van der Waals surface area contributed by atoms with Gasteiger partial charge >= 0.3 is 0 Å². The molecule has 2 aromatic heterocycles. The van der Waals surface area contributed by atoms with Gasteiger partial charge in [-0.2, -0.15) is 0 Å². The van der Waals surface area contributed by atoms with E-state index in [1.165, 1.54) is 76.5 Å². The van der Waals surface area contributed by atoms with Gasteiger partial charge in [0.1, 0.15) is 11.2 Å². The summed E-state index contributed by atoms with van der Waals surface area (Å²) in [6.07, 6.45) is 0. The van der Waals surface area contributed by atoms with Gasteiger partial charge in [0.05, 0.1) is 11.0 Å². The van der Waals surface area contributed by atoms with E-state index in [2.05, 4.69) is 180 Å². The summed E-state index contributed by atoms with van der Waals surface area (Å²) in [4.78, 5) is 0. The summed E-state index contributed by atoms with van der Waals surface area (Å²) < 4.78 is 8.93. The highest BCUT2D eigenvalue weighted by Crippen LogP contribution is 2.46. The molecule has 0 aliphatic heterocycles. The molecule has 0 fully saturated rings. The highest BCUT2D eigenvalue weighted by Gasteiger charge is 2.20. The predicted octanol–water partition coefficient (Wildman–Crippen LogP) is 13.5. The second kappa shape index (κ2) is 10.4. The molecule has 0 saturated carbocycles. The number of fused-ring (bicyclic) bond motifs is 9. The average molecular weight is 636 g/mol. The van der Waals surface area contributed by atoms with Gasteiger partial charge in [-0.25, -0.2) is 0 Å². The van der Waals surface area contributed by atoms with Gasteiger partial charge in [-0.05, 0) is 109 Å². The zero-order valence-electron chi connectivity index (χ0n) is 27.1. The number of rotatable bonds is 3. The van der Waals surface area contributed by atoms with Crippen molar-refractivity contribution >= 4 is 76.1 Å². The molecule has 50 heavy (non-hydrogen) atoms. The molecule has 11 aromatic rings. The van der Waals surface area contributed by atoms with Crippen LogP contribution in [-0.2, 0) is 0 Å². The molecule has 0 N–H and O–H groups in total. The number of hydrogen-bond donors (Lipinski definition) is 0. The number of aromatic nitrogens is 1. The number of hydrogen-bond acceptors (Lipinski definition) is 1. The van der Waals surface area contributed by atoms with Gasteiger partial charge in [-0.15, -0.1) is 0 Å². The van der Waals surface area contributed by atoms with Crippen LogP contribution in [0.1, 0.15) is 0 Å². The van der Waals surface area contributed by atoms with Crippen LogP contribution in [0.3, 0.4) is 0 Å². The predicted molar refractivity (Wildman–Crippen MR) is 211 cm³/mol. The van der Waals surface area contributed by atoms with Gasteiger partial charge in [0.15, 0.2) is 0 Å². The van der Waals surface area contributed by atoms with Crippen LogP contribution >= 0.6 is 0 Å². The Balaban J connectivity index is 1.17. The molecule has 0 aliphatic rings. The first-order chi connectivity index (χ1) is 24.8. The fourth-order valence-corrected chi connectivity index (χ4v) is 8.35. The van der Waals surface area contributed by atoms with Gasteiger partial charge in [0.25, 0.3) is 0 Å². The number of nitrogens with zero attached hydrogens (tertiary/aromatic N) is 1. The summed E-state index contributed by atoms with van der Waals surface area (Å²) >= 11 is 0. The van der Waals surface area contributed by atoms with Gasteiger partial charge in [0, 0.05) is 27.2 Å². The lowest BCUT2D eigenvalue weighted by molar-refractivity contribution is 0.669. The maximum absolute atomic E-state index is 6.55. The summed E-state index contributed by atoms with van der Waals surface area (Å²) in [5.41, 5.74) is 10.3. The van der Waals surface area contributed by atoms with E-state index < -0.39 is 0 Å². The van der Waals surface area contributed by atoms with Crippen LogP contribution in [-0.4, -0.2) is 4.57 Å². The van der Waals surface area contributed by atoms with E-state index >= 15 is 0 Å². The lowest BCUT2D eigenvalue weighted by Crippen LogP contribution is -1.93. The summed E-state index contributed by atoms with van der Waals surface area (Å²) in [5.74, 6) is 0. The second-order valence-corrected chi connectivity index (χ2v) is 13.3. The van der Waals surface area contributed by atoms with Crippen LogP contribution in [0.2, 0.25) is 0 Å². The van der Waals surface area contributed by atoms with Crippen LogP contribution in [0.15, 0.2) is 180 Å². The van der Waals surface area contributed by atoms with E-state index in [1.807, 2.05) is 0 Å². The van der Waals surface area contributed by atoms with Crippen molar-refractivity contribution in [2.75, 3.05) is 0 Å². The SMILES string of the molecule is c1ccc(-n2c3ccccc3c3cc(-c4c5ccccc5c(-c5ccc6c(c5)oc5cc7ccccc7cc56)c5ccccc45)ccc32)cc1. The quantitative estimate of drug-likeness (QED) is 0.177. The first-order valence-corrected chi connectivity index (χ1v) is 17.2. The molecule has 2 heterocycles. The second-order valence-electron chi connectivity index (χ2n) is 13.3. The number of para-hydroxylation sites is 2. The van der Waals surface area contributed by atoms with Crippen molar-refractivity contribution in [2.45, 2.75) is 0 Å². The molecule has 2 heteroatoms. The fourth-order valence-electron chi connectivity index (χ4n) is 8.35. The van der Waals surface area contributed by atoms with Crippen molar-refractivity contribution in [1.29, 1.82) is 0 Å². The van der Waals surface area contributed by atoms with Crippen molar-refractivity contribution in [3.63, 3.8) is 0 Å². The standard InChI is InChI=1S/C48H29NO/c1-2-14-34(15-3-1)49-43-21-11-10-16-35(43)41-27-32(23-25-44(41)49)47-37-17-6-8-19-39(37)48(40-20-9-7-18-38(40)47)33-22-24-36-42-26-30-12-4-5-13-31(30)28-46(42)50-45(36)29-33/h1-29H. The Hall–Kier alpha value is -6.64. The number of benzene rings is 9. The van der Waals surface area contributed by atoms with Crippen LogP contribution in [0.5, 0.6) is 0 Å². The Morgan fingerprint density at radius 1 is 0.320 bits per heavy atom. The van der Waals surface area contributed by atoms with Crippen molar-refractivity contribution in [1.82, 2.24) is 4.57 Å². The molecule has 0 aliphatic carbocycles. The lowest BCUT2D eigenvalue weighted by atomic mass is 9.85. The van der Waals surface area contributed by atoms with E-state index in [-0.39, 0.29) is 0 Å². The van der Waals surface area contributed by atoms with Gasteiger partial charge in [-0.3, -0.25) is 0 Å². The van der Waals surface area contributed by atoms with Crippen molar-refractivity contribution < 1.29 is 4.42 Å². The molecular weight excluding hydrogens is 607 g/mol. The van der Waals surface area contributed by atoms with E-state index in [9.17, 15) is 0 Å². The van der Waals surface area contributed by atoms with Gasteiger partial charge in [-0.1, -0.05) is 121 Å². The van der Waals surface area contributed by atoms with Crippen molar-refractivity contribution in [2.24, 2.45) is 0 Å². The van der Waals surface area contributed by atoms with Crippen LogP contribution in [0.4, 0.5) is 0 Å². The fraction of sp³-hybridized carbons (Fsp3) is 0. The lowest BCUT2D eigenvalue weighted by Gasteiger charge is -2.18. The van der Waals surface area contributed by atoms with Crippen LogP contribution < -0.4 is 0 Å². The first kappa shape index (κ1) is 27.3. The molecule has 0 bridgehead atoms. The molecule has 0 atom stereocenters. The molecule has 0 spiro atoms. The smallest absolute Gasteiger partial charge is 0.136 e. The zero-order valence-corrected chi connectivity index (χ0v) is 27.1. The summed E-state index contributed by atoms with van der Waals surface area (Å²) in [6.45, 7) is 0. The molecule has 9 aromatic carbocycles. The highest BCUT2D eigenvalue weighted by molar-refractivity contribution is 6.23. The van der Waals surface area contributed by atoms with Gasteiger partial charge < -0.3 is 8.98 Å². The molecule has 0 amide bonds. The summed E-state index contributed by atoms with van der Waals surface area (Å²) in [5, 5.41) is 12.2. The maximum atomic E-state index is 6.55. The van der Waals surface area contributed by atoms with Crippen LogP contribution in [0.25, 0.3) is 104 Å². The zero-order chi connectivity index (χ0) is 32.8. The highest BCUT2D eigenvalue weighted by atomic mass is 16.3. The van der Waals surface area contributed by atoms with E-state index in [0.717, 1.165) is 27.5 Å². The molecule has 11 rings (SSSR count). The monoisotopic (exact) mass is 635 g/mol. The molecule has 0 saturated heterocycles.